The Balaban J connectivity index is 1.28. The summed E-state index contributed by atoms with van der Waals surface area (Å²) in [5, 5.41) is 12.9. The number of ether oxygens (including phenoxy) is 3. The number of thioether (sulfide) groups is 1. The van der Waals surface area contributed by atoms with Gasteiger partial charge in [0.25, 0.3) is 0 Å². The molecule has 1 atom stereocenters. The second kappa shape index (κ2) is 10.9. The van der Waals surface area contributed by atoms with Gasteiger partial charge in [0.1, 0.15) is 30.5 Å². The van der Waals surface area contributed by atoms with Crippen LogP contribution in [0, 0.1) is 0 Å². The number of rotatable bonds is 9. The van der Waals surface area contributed by atoms with Gasteiger partial charge in [-0.05, 0) is 54.6 Å². The summed E-state index contributed by atoms with van der Waals surface area (Å²) >= 11 is 7.27. The molecule has 1 amide bonds. The molecule has 4 aromatic rings. The fourth-order valence-electron chi connectivity index (χ4n) is 3.81. The molecule has 8 nitrogen and oxygen atoms in total. The van der Waals surface area contributed by atoms with Gasteiger partial charge in [-0.3, -0.25) is 9.36 Å². The number of halogens is 1. The molecule has 0 aliphatic carbocycles. The lowest BCUT2D eigenvalue weighted by Crippen LogP contribution is -2.30. The standard InChI is InChI=1S/C26H23ClN4O4S/c1-33-20-11-12-23-21(13-20)22(14-35-23)28-25(32)16-36-26-30-29-24(31(26)18-5-3-2-4-6-18)15-34-19-9-7-17(27)8-10-19/h2-13,22H,14-16H2,1H3,(H,28,32). The summed E-state index contributed by atoms with van der Waals surface area (Å²) in [5.74, 6) is 2.79. The number of aromatic nitrogens is 3. The van der Waals surface area contributed by atoms with Crippen LogP contribution in [0.3, 0.4) is 0 Å². The monoisotopic (exact) mass is 522 g/mol. The van der Waals surface area contributed by atoms with Crippen molar-refractivity contribution in [3.8, 4) is 22.9 Å². The maximum absolute atomic E-state index is 12.8. The fourth-order valence-corrected chi connectivity index (χ4v) is 4.72. The van der Waals surface area contributed by atoms with E-state index in [0.717, 1.165) is 22.7 Å². The Morgan fingerprint density at radius 2 is 1.89 bits per heavy atom. The zero-order valence-corrected chi connectivity index (χ0v) is 21.0. The van der Waals surface area contributed by atoms with E-state index in [1.165, 1.54) is 11.8 Å². The largest absolute Gasteiger partial charge is 0.497 e. The number of nitrogens with one attached hydrogen (secondary N) is 1. The molecule has 1 aromatic heterocycles. The third-order valence-corrected chi connectivity index (χ3v) is 6.74. The molecule has 0 radical (unpaired) electrons. The molecule has 0 spiro atoms. The number of methoxy groups -OCH3 is 1. The van der Waals surface area contributed by atoms with Gasteiger partial charge in [-0.2, -0.15) is 0 Å². The lowest BCUT2D eigenvalue weighted by atomic mass is 10.1. The van der Waals surface area contributed by atoms with Gasteiger partial charge in [-0.1, -0.05) is 41.6 Å². The minimum absolute atomic E-state index is 0.133. The highest BCUT2D eigenvalue weighted by Gasteiger charge is 2.26. The number of amides is 1. The number of hydrogen-bond donors (Lipinski definition) is 1. The summed E-state index contributed by atoms with van der Waals surface area (Å²) in [4.78, 5) is 12.8. The molecule has 0 fully saturated rings. The van der Waals surface area contributed by atoms with Crippen LogP contribution in [0.5, 0.6) is 17.2 Å². The van der Waals surface area contributed by atoms with Gasteiger partial charge in [0.15, 0.2) is 11.0 Å². The highest BCUT2D eigenvalue weighted by Crippen LogP contribution is 2.35. The van der Waals surface area contributed by atoms with Crippen LogP contribution in [-0.4, -0.2) is 40.1 Å². The summed E-state index contributed by atoms with van der Waals surface area (Å²) in [5.41, 5.74) is 1.78. The lowest BCUT2D eigenvalue weighted by molar-refractivity contribution is -0.119. The molecular formula is C26H23ClN4O4S. The Labute approximate surface area is 217 Å². The Kier molecular flexibility index (Phi) is 7.29. The van der Waals surface area contributed by atoms with Gasteiger partial charge in [-0.25, -0.2) is 0 Å². The van der Waals surface area contributed by atoms with Crippen molar-refractivity contribution < 1.29 is 19.0 Å². The van der Waals surface area contributed by atoms with Gasteiger partial charge in [0, 0.05) is 16.3 Å². The molecule has 3 aromatic carbocycles. The summed E-state index contributed by atoms with van der Waals surface area (Å²) in [6, 6.07) is 22.2. The molecule has 5 rings (SSSR count). The molecule has 1 aliphatic heterocycles. The second-order valence-corrected chi connectivity index (χ2v) is 9.31. The summed E-state index contributed by atoms with van der Waals surface area (Å²) in [6.45, 7) is 0.583. The van der Waals surface area contributed by atoms with E-state index in [1.54, 1.807) is 31.4 Å². The number of carbonyl (C=O) groups is 1. The Hall–Kier alpha value is -3.69. The van der Waals surface area contributed by atoms with Crippen LogP contribution in [0.25, 0.3) is 5.69 Å². The van der Waals surface area contributed by atoms with E-state index in [4.69, 9.17) is 25.8 Å². The van der Waals surface area contributed by atoms with Crippen molar-refractivity contribution in [1.82, 2.24) is 20.1 Å². The molecule has 2 heterocycles. The average Bonchev–Trinajstić information content (AvgIpc) is 3.51. The predicted octanol–water partition coefficient (Wildman–Crippen LogP) is 4.85. The van der Waals surface area contributed by atoms with Gasteiger partial charge in [-0.15, -0.1) is 10.2 Å². The van der Waals surface area contributed by atoms with Crippen LogP contribution in [0.4, 0.5) is 0 Å². The first kappa shape index (κ1) is 24.0. The number of carbonyl (C=O) groups excluding carboxylic acids is 1. The van der Waals surface area contributed by atoms with Crippen LogP contribution < -0.4 is 19.5 Å². The topological polar surface area (TPSA) is 87.5 Å². The van der Waals surface area contributed by atoms with E-state index in [2.05, 4.69) is 15.5 Å². The predicted molar refractivity (Wildman–Crippen MR) is 137 cm³/mol. The van der Waals surface area contributed by atoms with Crippen molar-refractivity contribution >= 4 is 29.3 Å². The number of benzene rings is 3. The van der Waals surface area contributed by atoms with Gasteiger partial charge in [0.2, 0.25) is 5.91 Å². The highest BCUT2D eigenvalue weighted by molar-refractivity contribution is 7.99. The number of hydrogen-bond acceptors (Lipinski definition) is 7. The Morgan fingerprint density at radius 3 is 2.67 bits per heavy atom. The average molecular weight is 523 g/mol. The number of para-hydroxylation sites is 1. The van der Waals surface area contributed by atoms with E-state index in [-0.39, 0.29) is 24.3 Å². The molecule has 10 heteroatoms. The minimum Gasteiger partial charge on any atom is -0.497 e. The Morgan fingerprint density at radius 1 is 1.11 bits per heavy atom. The fraction of sp³-hybridized carbons (Fsp3) is 0.192. The SMILES string of the molecule is COc1ccc2c(c1)C(NC(=O)CSc1nnc(COc3ccc(Cl)cc3)n1-c1ccccc1)CO2. The zero-order valence-electron chi connectivity index (χ0n) is 19.4. The van der Waals surface area contributed by atoms with Crippen molar-refractivity contribution in [2.45, 2.75) is 17.8 Å². The van der Waals surface area contributed by atoms with E-state index in [1.807, 2.05) is 53.1 Å². The normalized spacial score (nSPS) is 14.1. The second-order valence-electron chi connectivity index (χ2n) is 7.94. The van der Waals surface area contributed by atoms with E-state index in [0.29, 0.717) is 28.4 Å². The first-order chi connectivity index (χ1) is 17.6. The van der Waals surface area contributed by atoms with E-state index < -0.39 is 0 Å². The van der Waals surface area contributed by atoms with Crippen LogP contribution in [0.2, 0.25) is 5.02 Å². The highest BCUT2D eigenvalue weighted by atomic mass is 35.5. The van der Waals surface area contributed by atoms with Crippen LogP contribution in [-0.2, 0) is 11.4 Å². The van der Waals surface area contributed by atoms with Gasteiger partial charge < -0.3 is 19.5 Å². The molecule has 1 unspecified atom stereocenters. The summed E-state index contributed by atoms with van der Waals surface area (Å²) in [7, 11) is 1.61. The maximum atomic E-state index is 12.8. The first-order valence-corrected chi connectivity index (χ1v) is 12.6. The molecule has 1 aliphatic rings. The number of nitrogens with zero attached hydrogens (tertiary/aromatic N) is 3. The van der Waals surface area contributed by atoms with Gasteiger partial charge in [0.05, 0.1) is 18.9 Å². The van der Waals surface area contributed by atoms with Crippen LogP contribution in [0.1, 0.15) is 17.4 Å². The third-order valence-electron chi connectivity index (χ3n) is 5.56. The minimum atomic E-state index is -0.237. The molecule has 1 N–H and O–H groups in total. The van der Waals surface area contributed by atoms with Gasteiger partial charge >= 0.3 is 0 Å². The zero-order chi connectivity index (χ0) is 24.9. The quantitative estimate of drug-likeness (QED) is 0.314. The molecule has 36 heavy (non-hydrogen) atoms. The lowest BCUT2D eigenvalue weighted by Gasteiger charge is -2.13. The van der Waals surface area contributed by atoms with Crippen molar-refractivity contribution in [3.63, 3.8) is 0 Å². The summed E-state index contributed by atoms with van der Waals surface area (Å²) < 4.78 is 18.8. The smallest absolute Gasteiger partial charge is 0.231 e. The molecular weight excluding hydrogens is 500 g/mol. The molecule has 0 saturated carbocycles. The number of fused-ring (bicyclic) bond motifs is 1. The van der Waals surface area contributed by atoms with Crippen molar-refractivity contribution in [2.75, 3.05) is 19.5 Å². The van der Waals surface area contributed by atoms with E-state index in [9.17, 15) is 4.79 Å². The third kappa shape index (κ3) is 5.42. The van der Waals surface area contributed by atoms with Crippen molar-refractivity contribution in [3.05, 3.63) is 89.2 Å². The maximum Gasteiger partial charge on any atom is 0.231 e. The van der Waals surface area contributed by atoms with Crippen LogP contribution >= 0.6 is 23.4 Å². The van der Waals surface area contributed by atoms with E-state index >= 15 is 0 Å². The van der Waals surface area contributed by atoms with Crippen molar-refractivity contribution in [2.24, 2.45) is 0 Å². The molecule has 0 bridgehead atoms. The van der Waals surface area contributed by atoms with Crippen LogP contribution in [0.15, 0.2) is 78.0 Å². The van der Waals surface area contributed by atoms with Crippen molar-refractivity contribution in [1.29, 1.82) is 0 Å². The molecule has 184 valence electrons. The Bertz CT molecular complexity index is 1350. The molecule has 0 saturated heterocycles. The first-order valence-electron chi connectivity index (χ1n) is 11.2. The summed E-state index contributed by atoms with van der Waals surface area (Å²) in [6.07, 6.45) is 0.